The van der Waals surface area contributed by atoms with Crippen LogP contribution in [0.4, 0.5) is 0 Å². The lowest BCUT2D eigenvalue weighted by molar-refractivity contribution is 0.969. The Bertz CT molecular complexity index is 1180. The smallest absolute Gasteiger partial charge is 0.0484 e. The van der Waals surface area contributed by atoms with Crippen molar-refractivity contribution >= 4 is 43.2 Å². The topological polar surface area (TPSA) is 4.93 Å². The maximum atomic E-state index is 2.33. The van der Waals surface area contributed by atoms with Gasteiger partial charge in [0.25, 0.3) is 0 Å². The van der Waals surface area contributed by atoms with Crippen molar-refractivity contribution in [1.82, 2.24) is 4.57 Å². The summed E-state index contributed by atoms with van der Waals surface area (Å²) < 4.78 is 2.18. The molecule has 0 amide bonds. The molecule has 0 unspecified atom stereocenters. The van der Waals surface area contributed by atoms with Crippen molar-refractivity contribution in [2.45, 2.75) is 0 Å². The molecule has 22 heavy (non-hydrogen) atoms. The third kappa shape index (κ3) is 1.54. The Morgan fingerprint density at radius 2 is 1.27 bits per heavy atom. The molecule has 0 radical (unpaired) electrons. The van der Waals surface area contributed by atoms with E-state index < -0.39 is 0 Å². The minimum Gasteiger partial charge on any atom is -0.351 e. The Morgan fingerprint density at radius 3 is 2.05 bits per heavy atom. The van der Waals surface area contributed by atoms with E-state index in [0.717, 1.165) is 0 Å². The van der Waals surface area contributed by atoms with E-state index in [1.165, 1.54) is 43.2 Å². The highest BCUT2D eigenvalue weighted by molar-refractivity contribution is 6.13. The van der Waals surface area contributed by atoms with Gasteiger partial charge >= 0.3 is 0 Å². The summed E-state index contributed by atoms with van der Waals surface area (Å²) in [6.07, 6.45) is 2.13. The Balaban J connectivity index is 1.98. The number of nitrogens with zero attached hydrogens (tertiary/aromatic N) is 1. The SMILES string of the molecule is Cn1ccc2c3cc4cc5ccccc5cc4cc3ccc21. The molecule has 5 aromatic rings. The molecule has 1 heteroatoms. The lowest BCUT2D eigenvalue weighted by atomic mass is 9.98. The zero-order chi connectivity index (χ0) is 14.7. The first-order valence-corrected chi connectivity index (χ1v) is 7.60. The zero-order valence-corrected chi connectivity index (χ0v) is 12.4. The third-order valence-electron chi connectivity index (χ3n) is 4.70. The van der Waals surface area contributed by atoms with E-state index in [-0.39, 0.29) is 0 Å². The number of hydrogen-bond acceptors (Lipinski definition) is 0. The summed E-state index contributed by atoms with van der Waals surface area (Å²) in [5, 5.41) is 9.19. The summed E-state index contributed by atoms with van der Waals surface area (Å²) in [7, 11) is 2.10. The summed E-state index contributed by atoms with van der Waals surface area (Å²) in [5.74, 6) is 0. The van der Waals surface area contributed by atoms with Crippen LogP contribution >= 0.6 is 0 Å². The van der Waals surface area contributed by atoms with E-state index in [1.807, 2.05) is 0 Å². The van der Waals surface area contributed by atoms with Crippen molar-refractivity contribution in [3.63, 3.8) is 0 Å². The monoisotopic (exact) mass is 281 g/mol. The van der Waals surface area contributed by atoms with Crippen LogP contribution in [0.15, 0.2) is 72.9 Å². The Hall–Kier alpha value is -2.80. The first kappa shape index (κ1) is 11.8. The van der Waals surface area contributed by atoms with E-state index in [4.69, 9.17) is 0 Å². The van der Waals surface area contributed by atoms with Gasteiger partial charge in [0, 0.05) is 24.1 Å². The van der Waals surface area contributed by atoms with Crippen molar-refractivity contribution in [3.05, 3.63) is 72.9 Å². The number of rotatable bonds is 0. The Morgan fingerprint density at radius 1 is 0.591 bits per heavy atom. The van der Waals surface area contributed by atoms with Gasteiger partial charge < -0.3 is 4.57 Å². The molecule has 4 aromatic carbocycles. The van der Waals surface area contributed by atoms with Crippen LogP contribution in [0.25, 0.3) is 43.2 Å². The molecule has 0 saturated carbocycles. The second-order valence-electron chi connectivity index (χ2n) is 6.04. The van der Waals surface area contributed by atoms with Gasteiger partial charge in [-0.2, -0.15) is 0 Å². The fraction of sp³-hybridized carbons (Fsp3) is 0.0476. The van der Waals surface area contributed by atoms with E-state index in [0.29, 0.717) is 0 Å². The molecule has 104 valence electrons. The van der Waals surface area contributed by atoms with Crippen molar-refractivity contribution in [1.29, 1.82) is 0 Å². The minimum absolute atomic E-state index is 1.28. The largest absolute Gasteiger partial charge is 0.351 e. The van der Waals surface area contributed by atoms with Gasteiger partial charge in [-0.15, -0.1) is 0 Å². The molecular weight excluding hydrogens is 266 g/mol. The lowest BCUT2D eigenvalue weighted by Gasteiger charge is -2.07. The fourth-order valence-electron chi connectivity index (χ4n) is 3.53. The summed E-state index contributed by atoms with van der Waals surface area (Å²) >= 11 is 0. The van der Waals surface area contributed by atoms with Crippen molar-refractivity contribution in [3.8, 4) is 0 Å². The molecule has 1 nitrogen and oxygen atoms in total. The third-order valence-corrected chi connectivity index (χ3v) is 4.70. The highest BCUT2D eigenvalue weighted by Crippen LogP contribution is 2.31. The average Bonchev–Trinajstić information content (AvgIpc) is 2.92. The van der Waals surface area contributed by atoms with E-state index in [1.54, 1.807) is 0 Å². The molecule has 0 saturated heterocycles. The van der Waals surface area contributed by atoms with E-state index in [9.17, 15) is 0 Å². The molecule has 0 fully saturated rings. The predicted molar refractivity (Wildman–Crippen MR) is 95.4 cm³/mol. The van der Waals surface area contributed by atoms with Gasteiger partial charge in [-0.05, 0) is 68.7 Å². The van der Waals surface area contributed by atoms with Gasteiger partial charge in [-0.25, -0.2) is 0 Å². The van der Waals surface area contributed by atoms with Crippen molar-refractivity contribution in [2.75, 3.05) is 0 Å². The summed E-state index contributed by atoms with van der Waals surface area (Å²) in [6, 6.07) is 24.4. The number of benzene rings is 4. The molecule has 0 N–H and O–H groups in total. The van der Waals surface area contributed by atoms with Crippen LogP contribution in [0, 0.1) is 0 Å². The van der Waals surface area contributed by atoms with Gasteiger partial charge in [0.2, 0.25) is 0 Å². The molecular formula is C21H15N. The number of aromatic nitrogens is 1. The number of fused-ring (bicyclic) bond motifs is 5. The first-order chi connectivity index (χ1) is 10.8. The lowest BCUT2D eigenvalue weighted by Crippen LogP contribution is -1.84. The van der Waals surface area contributed by atoms with Crippen molar-refractivity contribution < 1.29 is 0 Å². The molecule has 0 spiro atoms. The number of hydrogen-bond donors (Lipinski definition) is 0. The molecule has 0 aliphatic heterocycles. The maximum Gasteiger partial charge on any atom is 0.0484 e. The zero-order valence-electron chi connectivity index (χ0n) is 12.4. The van der Waals surface area contributed by atoms with Crippen LogP contribution in [-0.4, -0.2) is 4.57 Å². The van der Waals surface area contributed by atoms with Gasteiger partial charge in [-0.1, -0.05) is 30.3 Å². The molecule has 1 aromatic heterocycles. The second kappa shape index (κ2) is 4.11. The summed E-state index contributed by atoms with van der Waals surface area (Å²) in [5.41, 5.74) is 1.28. The maximum absolute atomic E-state index is 2.33. The molecule has 0 aliphatic carbocycles. The van der Waals surface area contributed by atoms with Crippen LogP contribution in [0.3, 0.4) is 0 Å². The fourth-order valence-corrected chi connectivity index (χ4v) is 3.53. The van der Waals surface area contributed by atoms with Gasteiger partial charge in [0.1, 0.15) is 0 Å². The van der Waals surface area contributed by atoms with E-state index in [2.05, 4.69) is 84.5 Å². The molecule has 0 aliphatic rings. The highest BCUT2D eigenvalue weighted by atomic mass is 14.9. The molecule has 5 rings (SSSR count). The van der Waals surface area contributed by atoms with Crippen LogP contribution in [0.5, 0.6) is 0 Å². The van der Waals surface area contributed by atoms with Crippen molar-refractivity contribution in [2.24, 2.45) is 7.05 Å². The average molecular weight is 281 g/mol. The summed E-state index contributed by atoms with van der Waals surface area (Å²) in [4.78, 5) is 0. The van der Waals surface area contributed by atoms with Gasteiger partial charge in [0.15, 0.2) is 0 Å². The van der Waals surface area contributed by atoms with Crippen LogP contribution in [-0.2, 0) is 7.05 Å². The molecule has 0 bridgehead atoms. The first-order valence-electron chi connectivity index (χ1n) is 7.60. The second-order valence-corrected chi connectivity index (χ2v) is 6.04. The predicted octanol–water partition coefficient (Wildman–Crippen LogP) is 5.64. The van der Waals surface area contributed by atoms with Gasteiger partial charge in [0.05, 0.1) is 0 Å². The number of aryl methyl sites for hydroxylation is 1. The Kier molecular flexibility index (Phi) is 2.21. The van der Waals surface area contributed by atoms with Crippen LogP contribution in [0.1, 0.15) is 0 Å². The minimum atomic E-state index is 1.28. The van der Waals surface area contributed by atoms with Crippen LogP contribution in [0.2, 0.25) is 0 Å². The summed E-state index contributed by atoms with van der Waals surface area (Å²) in [6.45, 7) is 0. The van der Waals surface area contributed by atoms with Crippen LogP contribution < -0.4 is 0 Å². The standard InChI is InChI=1S/C21H15N/c1-22-9-8-19-20-13-18-11-15-5-3-2-4-14(15)10-17(18)12-16(20)6-7-21(19)22/h2-13H,1H3. The van der Waals surface area contributed by atoms with E-state index >= 15 is 0 Å². The highest BCUT2D eigenvalue weighted by Gasteiger charge is 2.06. The quantitative estimate of drug-likeness (QED) is 0.324. The molecule has 0 atom stereocenters. The normalized spacial score (nSPS) is 11.9. The molecule has 1 heterocycles. The Labute approximate surface area is 128 Å². The van der Waals surface area contributed by atoms with Gasteiger partial charge in [-0.3, -0.25) is 0 Å².